The monoisotopic (exact) mass is 284 g/mol. The highest BCUT2D eigenvalue weighted by molar-refractivity contribution is 9.10. The van der Waals surface area contributed by atoms with Gasteiger partial charge in [-0.05, 0) is 40.9 Å². The molecule has 0 bridgehead atoms. The van der Waals surface area contributed by atoms with Gasteiger partial charge in [0, 0.05) is 23.8 Å². The molecule has 0 unspecified atom stereocenters. The minimum Gasteiger partial charge on any atom is -0.481 e. The van der Waals surface area contributed by atoms with Crippen molar-refractivity contribution in [3.8, 4) is 0 Å². The maximum atomic E-state index is 10.9. The minimum atomic E-state index is -0.707. The lowest BCUT2D eigenvalue weighted by Gasteiger charge is -2.31. The molecule has 1 atom stereocenters. The Kier molecular flexibility index (Phi) is 3.43. The van der Waals surface area contributed by atoms with E-state index in [0.717, 1.165) is 29.7 Å². The fraction of sp³-hybridized carbons (Fsp3) is 0.455. The largest absolute Gasteiger partial charge is 0.481 e. The first kappa shape index (κ1) is 11.4. The van der Waals surface area contributed by atoms with E-state index in [1.807, 2.05) is 17.0 Å². The van der Waals surface area contributed by atoms with E-state index in [4.69, 9.17) is 5.11 Å². The Morgan fingerprint density at radius 2 is 2.38 bits per heavy atom. The molecule has 1 N–H and O–H groups in total. The smallest absolute Gasteiger partial charge is 0.308 e. The van der Waals surface area contributed by atoms with E-state index in [9.17, 15) is 4.79 Å². The van der Waals surface area contributed by atoms with Gasteiger partial charge in [0.05, 0.1) is 5.92 Å². The zero-order valence-electron chi connectivity index (χ0n) is 8.77. The molecule has 4 nitrogen and oxygen atoms in total. The molecule has 0 radical (unpaired) electrons. The van der Waals surface area contributed by atoms with Gasteiger partial charge in [0.15, 0.2) is 0 Å². The van der Waals surface area contributed by atoms with E-state index in [2.05, 4.69) is 20.9 Å². The summed E-state index contributed by atoms with van der Waals surface area (Å²) in [7, 11) is 0. The highest BCUT2D eigenvalue weighted by Crippen LogP contribution is 2.22. The van der Waals surface area contributed by atoms with Gasteiger partial charge in [-0.1, -0.05) is 0 Å². The number of halogens is 1. The number of carbonyl (C=O) groups is 1. The van der Waals surface area contributed by atoms with E-state index in [0.29, 0.717) is 6.54 Å². The number of carboxylic acids is 1. The molecule has 1 aromatic rings. The first-order chi connectivity index (χ1) is 7.66. The molecule has 1 aromatic heterocycles. The molecule has 16 heavy (non-hydrogen) atoms. The van der Waals surface area contributed by atoms with Crippen LogP contribution < -0.4 is 4.90 Å². The summed E-state index contributed by atoms with van der Waals surface area (Å²) in [5.41, 5.74) is 0. The van der Waals surface area contributed by atoms with Gasteiger partial charge < -0.3 is 10.0 Å². The number of carboxylic acid groups (broad SMARTS) is 1. The van der Waals surface area contributed by atoms with Gasteiger partial charge in [-0.25, -0.2) is 4.98 Å². The fourth-order valence-corrected chi connectivity index (χ4v) is 2.18. The number of rotatable bonds is 2. The third-order valence-electron chi connectivity index (χ3n) is 2.81. The molecule has 1 saturated heterocycles. The molecule has 0 saturated carbocycles. The van der Waals surface area contributed by atoms with E-state index >= 15 is 0 Å². The van der Waals surface area contributed by atoms with Gasteiger partial charge in [-0.3, -0.25) is 4.79 Å². The van der Waals surface area contributed by atoms with Gasteiger partial charge in [-0.15, -0.1) is 0 Å². The van der Waals surface area contributed by atoms with Crippen LogP contribution in [0.3, 0.4) is 0 Å². The number of anilines is 1. The summed E-state index contributed by atoms with van der Waals surface area (Å²) >= 11 is 3.33. The Hall–Kier alpha value is -1.10. The average Bonchev–Trinajstić information content (AvgIpc) is 2.30. The molecule has 1 aliphatic rings. The van der Waals surface area contributed by atoms with Crippen molar-refractivity contribution >= 4 is 27.7 Å². The van der Waals surface area contributed by atoms with Gasteiger partial charge >= 0.3 is 5.97 Å². The van der Waals surface area contributed by atoms with Crippen LogP contribution in [0.15, 0.2) is 22.8 Å². The number of pyridine rings is 1. The molecule has 1 fully saturated rings. The number of aliphatic carboxylic acids is 1. The van der Waals surface area contributed by atoms with Crippen molar-refractivity contribution in [2.24, 2.45) is 5.92 Å². The predicted molar refractivity (Wildman–Crippen MR) is 64.5 cm³/mol. The molecular formula is C11H13BrN2O2. The second-order valence-corrected chi connectivity index (χ2v) is 4.87. The van der Waals surface area contributed by atoms with Crippen LogP contribution in [0.4, 0.5) is 5.82 Å². The molecule has 5 heteroatoms. The maximum Gasteiger partial charge on any atom is 0.308 e. The summed E-state index contributed by atoms with van der Waals surface area (Å²) in [6.45, 7) is 1.45. The number of aromatic nitrogens is 1. The quantitative estimate of drug-likeness (QED) is 0.904. The molecule has 0 spiro atoms. The number of piperidine rings is 1. The fourth-order valence-electron chi connectivity index (χ4n) is 1.94. The van der Waals surface area contributed by atoms with E-state index in [1.165, 1.54) is 0 Å². The Bertz CT molecular complexity index is 380. The van der Waals surface area contributed by atoms with Crippen LogP contribution in [-0.4, -0.2) is 29.1 Å². The lowest BCUT2D eigenvalue weighted by molar-refractivity contribution is -0.141. The Labute approximate surface area is 102 Å². The van der Waals surface area contributed by atoms with Gasteiger partial charge in [0.25, 0.3) is 0 Å². The Morgan fingerprint density at radius 3 is 3.00 bits per heavy atom. The molecular weight excluding hydrogens is 272 g/mol. The van der Waals surface area contributed by atoms with Crippen LogP contribution >= 0.6 is 15.9 Å². The highest BCUT2D eigenvalue weighted by atomic mass is 79.9. The average molecular weight is 285 g/mol. The normalized spacial score (nSPS) is 20.8. The van der Waals surface area contributed by atoms with Gasteiger partial charge in [-0.2, -0.15) is 0 Å². The Morgan fingerprint density at radius 1 is 1.56 bits per heavy atom. The second-order valence-electron chi connectivity index (χ2n) is 3.96. The number of hydrogen-bond donors (Lipinski definition) is 1. The molecule has 2 heterocycles. The first-order valence-corrected chi connectivity index (χ1v) is 6.05. The van der Waals surface area contributed by atoms with Crippen LogP contribution in [0.1, 0.15) is 12.8 Å². The summed E-state index contributed by atoms with van der Waals surface area (Å²) < 4.78 is 0.933. The molecule has 0 amide bonds. The number of hydrogen-bond acceptors (Lipinski definition) is 3. The van der Waals surface area contributed by atoms with E-state index < -0.39 is 5.97 Å². The summed E-state index contributed by atoms with van der Waals surface area (Å²) in [6, 6.07) is 3.83. The summed E-state index contributed by atoms with van der Waals surface area (Å²) in [5.74, 6) is -0.116. The van der Waals surface area contributed by atoms with Crippen molar-refractivity contribution in [3.05, 3.63) is 22.8 Å². The van der Waals surface area contributed by atoms with Gasteiger partial charge in [0.1, 0.15) is 5.82 Å². The molecule has 86 valence electrons. The SMILES string of the molecule is O=C(O)[C@H]1CCCN(c2ccc(Br)cn2)C1. The van der Waals surface area contributed by atoms with Gasteiger partial charge in [0.2, 0.25) is 0 Å². The van der Waals surface area contributed by atoms with Crippen molar-refractivity contribution in [1.29, 1.82) is 0 Å². The van der Waals surface area contributed by atoms with Crippen molar-refractivity contribution in [2.45, 2.75) is 12.8 Å². The first-order valence-electron chi connectivity index (χ1n) is 5.26. The lowest BCUT2D eigenvalue weighted by Crippen LogP contribution is -2.39. The predicted octanol–water partition coefficient (Wildman–Crippen LogP) is 2.15. The standard InChI is InChI=1S/C11H13BrN2O2/c12-9-3-4-10(13-6-9)14-5-1-2-8(7-14)11(15)16/h3-4,6,8H,1-2,5,7H2,(H,15,16)/t8-/m0/s1. The van der Waals surface area contributed by atoms with Crippen molar-refractivity contribution in [3.63, 3.8) is 0 Å². The van der Waals surface area contributed by atoms with Crippen LogP contribution in [0, 0.1) is 5.92 Å². The van der Waals surface area contributed by atoms with Crippen molar-refractivity contribution < 1.29 is 9.90 Å². The summed E-state index contributed by atoms with van der Waals surface area (Å²) in [4.78, 5) is 17.2. The zero-order chi connectivity index (χ0) is 11.5. The lowest BCUT2D eigenvalue weighted by atomic mass is 9.98. The second kappa shape index (κ2) is 4.82. The topological polar surface area (TPSA) is 53.4 Å². The molecule has 0 aromatic carbocycles. The third kappa shape index (κ3) is 2.52. The molecule has 1 aliphatic heterocycles. The van der Waals surface area contributed by atoms with E-state index in [-0.39, 0.29) is 5.92 Å². The minimum absolute atomic E-state index is 0.265. The molecule has 2 rings (SSSR count). The Balaban J connectivity index is 2.09. The van der Waals surface area contributed by atoms with Crippen LogP contribution in [0.2, 0.25) is 0 Å². The van der Waals surface area contributed by atoms with Crippen molar-refractivity contribution in [1.82, 2.24) is 4.98 Å². The highest BCUT2D eigenvalue weighted by Gasteiger charge is 2.25. The van der Waals surface area contributed by atoms with Crippen LogP contribution in [0.5, 0.6) is 0 Å². The third-order valence-corrected chi connectivity index (χ3v) is 3.28. The molecule has 0 aliphatic carbocycles. The summed E-state index contributed by atoms with van der Waals surface area (Å²) in [5, 5.41) is 8.99. The van der Waals surface area contributed by atoms with Crippen LogP contribution in [-0.2, 0) is 4.79 Å². The number of nitrogens with zero attached hydrogens (tertiary/aromatic N) is 2. The van der Waals surface area contributed by atoms with E-state index in [1.54, 1.807) is 6.20 Å². The van der Waals surface area contributed by atoms with Crippen LogP contribution in [0.25, 0.3) is 0 Å². The zero-order valence-corrected chi connectivity index (χ0v) is 10.4. The van der Waals surface area contributed by atoms with Crippen molar-refractivity contribution in [2.75, 3.05) is 18.0 Å². The maximum absolute atomic E-state index is 10.9. The summed E-state index contributed by atoms with van der Waals surface area (Å²) in [6.07, 6.45) is 3.41.